The van der Waals surface area contributed by atoms with Crippen molar-refractivity contribution in [1.29, 1.82) is 0 Å². The lowest BCUT2D eigenvalue weighted by Crippen LogP contribution is -2.26. The molecule has 0 spiro atoms. The van der Waals surface area contributed by atoms with Gasteiger partial charge < -0.3 is 0 Å². The second kappa shape index (κ2) is 8.56. The molecule has 2 saturated carbocycles. The minimum atomic E-state index is 0.192. The lowest BCUT2D eigenvalue weighted by molar-refractivity contribution is 0.308. The van der Waals surface area contributed by atoms with Crippen LogP contribution in [0.15, 0.2) is 35.9 Å². The van der Waals surface area contributed by atoms with Gasteiger partial charge >= 0.3 is 0 Å². The number of halogens is 1. The fourth-order valence-electron chi connectivity index (χ4n) is 5.13. The van der Waals surface area contributed by atoms with Crippen LogP contribution in [0.25, 0.3) is 0 Å². The molecule has 0 saturated heterocycles. The molecule has 132 valence electrons. The summed E-state index contributed by atoms with van der Waals surface area (Å²) in [6, 6.07) is 9.63. The highest BCUT2D eigenvalue weighted by Crippen LogP contribution is 2.42. The van der Waals surface area contributed by atoms with Crippen LogP contribution in [-0.2, 0) is 5.41 Å². The first-order chi connectivity index (χ1) is 11.8. The van der Waals surface area contributed by atoms with Crippen molar-refractivity contribution in [1.82, 2.24) is 0 Å². The first kappa shape index (κ1) is 18.1. The second-order valence-electron chi connectivity index (χ2n) is 8.14. The minimum absolute atomic E-state index is 0.192. The molecule has 0 heterocycles. The van der Waals surface area contributed by atoms with Gasteiger partial charge in [0.1, 0.15) is 0 Å². The van der Waals surface area contributed by atoms with E-state index in [1.54, 1.807) is 11.1 Å². The van der Waals surface area contributed by atoms with Crippen LogP contribution in [0, 0.1) is 5.92 Å². The fourth-order valence-corrected chi connectivity index (χ4v) is 5.38. The van der Waals surface area contributed by atoms with Crippen LogP contribution in [0.5, 0.6) is 0 Å². The van der Waals surface area contributed by atoms with Crippen LogP contribution in [-0.4, -0.2) is 0 Å². The molecule has 0 bridgehead atoms. The number of rotatable bonds is 5. The first-order valence-corrected chi connectivity index (χ1v) is 10.6. The molecule has 0 aliphatic heterocycles. The topological polar surface area (TPSA) is 0 Å². The highest BCUT2D eigenvalue weighted by molar-refractivity contribution is 6.25. The Labute approximate surface area is 153 Å². The Morgan fingerprint density at radius 3 is 2.25 bits per heavy atom. The van der Waals surface area contributed by atoms with Gasteiger partial charge in [0.25, 0.3) is 0 Å². The normalized spacial score (nSPS) is 27.4. The zero-order valence-electron chi connectivity index (χ0n) is 15.3. The van der Waals surface area contributed by atoms with Crippen molar-refractivity contribution in [2.45, 2.75) is 88.9 Å². The highest BCUT2D eigenvalue weighted by Gasteiger charge is 2.31. The lowest BCUT2D eigenvalue weighted by Gasteiger charge is -2.35. The van der Waals surface area contributed by atoms with Crippen LogP contribution in [0.1, 0.15) is 94.6 Å². The van der Waals surface area contributed by atoms with E-state index in [2.05, 4.69) is 37.3 Å². The molecule has 1 heteroatoms. The monoisotopic (exact) mass is 344 g/mol. The largest absolute Gasteiger partial charge is 0.0933 e. The lowest BCUT2D eigenvalue weighted by atomic mass is 9.69. The standard InChI is InChI=1S/C23H33Cl/c1-2-6-19-7-9-20(10-8-19)21-11-13-22(14-12-21)23(17-18-24)15-4-3-5-16-23/h11-14,17-20H,2-10,15-16H2,1H3/b18-17+. The molecule has 0 aromatic heterocycles. The predicted octanol–water partition coefficient (Wildman–Crippen LogP) is 7.71. The van der Waals surface area contributed by atoms with Crippen LogP contribution in [0.4, 0.5) is 0 Å². The quantitative estimate of drug-likeness (QED) is 0.513. The Kier molecular flexibility index (Phi) is 6.44. The van der Waals surface area contributed by atoms with Crippen LogP contribution in [0.3, 0.4) is 0 Å². The smallest absolute Gasteiger partial charge is 0.0143 e. The van der Waals surface area contributed by atoms with E-state index < -0.39 is 0 Å². The van der Waals surface area contributed by atoms with E-state index in [1.165, 1.54) is 76.2 Å². The van der Waals surface area contributed by atoms with E-state index in [9.17, 15) is 0 Å². The van der Waals surface area contributed by atoms with Crippen molar-refractivity contribution in [3.05, 3.63) is 47.0 Å². The summed E-state index contributed by atoms with van der Waals surface area (Å²) in [7, 11) is 0. The molecule has 2 aliphatic rings. The molecule has 24 heavy (non-hydrogen) atoms. The van der Waals surface area contributed by atoms with E-state index in [0.29, 0.717) is 0 Å². The minimum Gasteiger partial charge on any atom is -0.0933 e. The maximum absolute atomic E-state index is 5.99. The van der Waals surface area contributed by atoms with Crippen molar-refractivity contribution >= 4 is 11.6 Å². The van der Waals surface area contributed by atoms with E-state index in [-0.39, 0.29) is 5.41 Å². The third-order valence-corrected chi connectivity index (χ3v) is 6.75. The molecule has 0 atom stereocenters. The second-order valence-corrected chi connectivity index (χ2v) is 8.39. The van der Waals surface area contributed by atoms with Gasteiger partial charge in [0.15, 0.2) is 0 Å². The fraction of sp³-hybridized carbons (Fsp3) is 0.652. The molecule has 1 aromatic rings. The molecule has 1 aromatic carbocycles. The molecule has 2 fully saturated rings. The molecular formula is C23H33Cl. The van der Waals surface area contributed by atoms with Crippen molar-refractivity contribution in [3.8, 4) is 0 Å². The zero-order chi connectivity index (χ0) is 16.8. The molecule has 0 nitrogen and oxygen atoms in total. The van der Waals surface area contributed by atoms with Gasteiger partial charge in [0.05, 0.1) is 0 Å². The van der Waals surface area contributed by atoms with E-state index >= 15 is 0 Å². The van der Waals surface area contributed by atoms with Gasteiger partial charge in [-0.25, -0.2) is 0 Å². The van der Waals surface area contributed by atoms with Crippen molar-refractivity contribution in [2.75, 3.05) is 0 Å². The molecule has 0 unspecified atom stereocenters. The molecular weight excluding hydrogens is 312 g/mol. The van der Waals surface area contributed by atoms with E-state index in [0.717, 1.165) is 11.8 Å². The van der Waals surface area contributed by atoms with Crippen molar-refractivity contribution in [2.24, 2.45) is 5.92 Å². The van der Waals surface area contributed by atoms with E-state index in [1.807, 2.05) is 0 Å². The van der Waals surface area contributed by atoms with Gasteiger partial charge in [0.2, 0.25) is 0 Å². The van der Waals surface area contributed by atoms with Gasteiger partial charge in [-0.2, -0.15) is 0 Å². The molecule has 3 rings (SSSR count). The molecule has 0 amide bonds. The molecule has 2 aliphatic carbocycles. The average molecular weight is 345 g/mol. The zero-order valence-corrected chi connectivity index (χ0v) is 16.0. The maximum atomic E-state index is 5.99. The van der Waals surface area contributed by atoms with Gasteiger partial charge in [0, 0.05) is 11.0 Å². The maximum Gasteiger partial charge on any atom is 0.0143 e. The summed E-state index contributed by atoms with van der Waals surface area (Å²) < 4.78 is 0. The third kappa shape index (κ3) is 4.07. The van der Waals surface area contributed by atoms with Crippen LogP contribution < -0.4 is 0 Å². The Morgan fingerprint density at radius 1 is 1.00 bits per heavy atom. The Balaban J connectivity index is 1.69. The summed E-state index contributed by atoms with van der Waals surface area (Å²) in [5.74, 6) is 1.78. The average Bonchev–Trinajstić information content (AvgIpc) is 2.64. The summed E-state index contributed by atoms with van der Waals surface area (Å²) in [6.07, 6.45) is 17.2. The highest BCUT2D eigenvalue weighted by atomic mass is 35.5. The summed E-state index contributed by atoms with van der Waals surface area (Å²) in [4.78, 5) is 0. The number of benzene rings is 1. The van der Waals surface area contributed by atoms with Gasteiger partial charge in [-0.1, -0.05) is 81.0 Å². The summed E-state index contributed by atoms with van der Waals surface area (Å²) in [6.45, 7) is 2.32. The Hall–Kier alpha value is -0.750. The first-order valence-electron chi connectivity index (χ1n) is 10.2. The summed E-state index contributed by atoms with van der Waals surface area (Å²) >= 11 is 5.99. The third-order valence-electron chi connectivity index (χ3n) is 6.63. The van der Waals surface area contributed by atoms with Crippen LogP contribution >= 0.6 is 11.6 Å². The number of allylic oxidation sites excluding steroid dienone is 1. The van der Waals surface area contributed by atoms with Crippen LogP contribution in [0.2, 0.25) is 0 Å². The molecule has 0 N–H and O–H groups in total. The summed E-state index contributed by atoms with van der Waals surface area (Å²) in [5.41, 5.74) is 4.97. The summed E-state index contributed by atoms with van der Waals surface area (Å²) in [5, 5.41) is 0. The Morgan fingerprint density at radius 2 is 1.67 bits per heavy atom. The number of hydrogen-bond acceptors (Lipinski definition) is 0. The van der Waals surface area contributed by atoms with Gasteiger partial charge in [-0.3, -0.25) is 0 Å². The van der Waals surface area contributed by atoms with E-state index in [4.69, 9.17) is 11.6 Å². The van der Waals surface area contributed by atoms with Gasteiger partial charge in [-0.15, -0.1) is 0 Å². The SMILES string of the molecule is CCCC1CCC(c2ccc(C3(/C=C/Cl)CCCCC3)cc2)CC1. The molecule has 0 radical (unpaired) electrons. The number of hydrogen-bond donors (Lipinski definition) is 0. The van der Waals surface area contributed by atoms with Crippen molar-refractivity contribution in [3.63, 3.8) is 0 Å². The Bertz CT molecular complexity index is 513. The van der Waals surface area contributed by atoms with Crippen molar-refractivity contribution < 1.29 is 0 Å². The predicted molar refractivity (Wildman–Crippen MR) is 106 cm³/mol. The van der Waals surface area contributed by atoms with Gasteiger partial charge in [-0.05, 0) is 61.5 Å².